The van der Waals surface area contributed by atoms with Crippen molar-refractivity contribution in [3.63, 3.8) is 0 Å². The molecule has 1 unspecified atom stereocenters. The second kappa shape index (κ2) is 12.7. The molecule has 0 saturated heterocycles. The Bertz CT molecular complexity index is 1980. The molecule has 0 saturated carbocycles. The van der Waals surface area contributed by atoms with Crippen LogP contribution in [0.5, 0.6) is 23.0 Å². The summed E-state index contributed by atoms with van der Waals surface area (Å²) < 4.78 is 10.5. The molecule has 10 heteroatoms. The fourth-order valence-corrected chi connectivity index (χ4v) is 6.57. The van der Waals surface area contributed by atoms with Gasteiger partial charge in [0.1, 0.15) is 0 Å². The smallest absolute Gasteiger partial charge is 0.269 e. The standard InChI is InChI=1S/C36H28N2O7S/c1-44-31-19-22(8-16-28(31)39)7-11-25-21-34-37(27-5-3-4-6-33(27)46-34)36(24-12-14-26(15-13-24)38(42)43)35(25)30(41)18-10-23-9-17-29(40)32(20-23)45-2/h3-21,36,39-40H,1-2H3/b11-7+,18-10+. The SMILES string of the molecule is COc1cc(/C=C/C(=O)C2=C(/C=C/c3ccc(O)c(OC)c3)C=C3Sc4ccccc4N3C2c2ccc([N+](=O)[O-])cc2)ccc1O. The molecule has 6 rings (SSSR count). The van der Waals surface area contributed by atoms with Crippen molar-refractivity contribution in [2.75, 3.05) is 19.1 Å². The van der Waals surface area contributed by atoms with Gasteiger partial charge in [0.2, 0.25) is 0 Å². The number of nitro benzene ring substituents is 1. The number of hydrogen-bond acceptors (Lipinski definition) is 9. The highest BCUT2D eigenvalue weighted by molar-refractivity contribution is 8.03. The molecule has 0 aromatic heterocycles. The summed E-state index contributed by atoms with van der Waals surface area (Å²) in [7, 11) is 2.93. The Balaban J connectivity index is 1.52. The van der Waals surface area contributed by atoms with Crippen molar-refractivity contribution < 1.29 is 29.4 Å². The van der Waals surface area contributed by atoms with Crippen molar-refractivity contribution in [3.05, 3.63) is 146 Å². The average molecular weight is 633 g/mol. The van der Waals surface area contributed by atoms with E-state index in [0.717, 1.165) is 21.2 Å². The Morgan fingerprint density at radius 3 is 2.13 bits per heavy atom. The first-order valence-corrected chi connectivity index (χ1v) is 15.0. The lowest BCUT2D eigenvalue weighted by atomic mass is 9.86. The number of phenols is 2. The number of ketones is 1. The molecule has 0 radical (unpaired) electrons. The molecule has 2 heterocycles. The number of rotatable bonds is 9. The van der Waals surface area contributed by atoms with Crippen molar-refractivity contribution >= 4 is 41.1 Å². The van der Waals surface area contributed by atoms with Crippen LogP contribution in [-0.2, 0) is 4.79 Å². The van der Waals surface area contributed by atoms with Gasteiger partial charge in [0.05, 0.1) is 35.9 Å². The van der Waals surface area contributed by atoms with Crippen molar-refractivity contribution in [1.82, 2.24) is 0 Å². The number of allylic oxidation sites excluding steroid dienone is 4. The van der Waals surface area contributed by atoms with E-state index in [0.29, 0.717) is 28.0 Å². The average Bonchev–Trinajstić information content (AvgIpc) is 3.44. The van der Waals surface area contributed by atoms with Crippen LogP contribution in [0.2, 0.25) is 0 Å². The maximum atomic E-state index is 14.3. The number of para-hydroxylation sites is 1. The van der Waals surface area contributed by atoms with Crippen LogP contribution in [0.3, 0.4) is 0 Å². The van der Waals surface area contributed by atoms with Gasteiger partial charge in [-0.05, 0) is 82.9 Å². The van der Waals surface area contributed by atoms with Gasteiger partial charge in [0.25, 0.3) is 5.69 Å². The van der Waals surface area contributed by atoms with Crippen molar-refractivity contribution in [1.29, 1.82) is 0 Å². The summed E-state index contributed by atoms with van der Waals surface area (Å²) in [5, 5.41) is 32.5. The van der Waals surface area contributed by atoms with E-state index in [4.69, 9.17) is 9.47 Å². The molecular formula is C36H28N2O7S. The first-order valence-electron chi connectivity index (χ1n) is 14.2. The van der Waals surface area contributed by atoms with E-state index >= 15 is 0 Å². The Morgan fingerprint density at radius 2 is 1.50 bits per heavy atom. The third-order valence-electron chi connectivity index (χ3n) is 7.67. The molecule has 1 atom stereocenters. The summed E-state index contributed by atoms with van der Waals surface area (Å²) in [4.78, 5) is 28.5. The zero-order valence-electron chi connectivity index (χ0n) is 24.8. The fourth-order valence-electron chi connectivity index (χ4n) is 5.44. The molecule has 2 aliphatic rings. The molecule has 230 valence electrons. The minimum Gasteiger partial charge on any atom is -0.504 e. The number of aromatic hydroxyl groups is 2. The highest BCUT2D eigenvalue weighted by atomic mass is 32.2. The number of carbonyl (C=O) groups excluding carboxylic acids is 1. The zero-order chi connectivity index (χ0) is 32.4. The van der Waals surface area contributed by atoms with E-state index in [-0.39, 0.29) is 28.7 Å². The van der Waals surface area contributed by atoms with Crippen LogP contribution < -0.4 is 14.4 Å². The number of hydrogen-bond donors (Lipinski definition) is 2. The second-order valence-electron chi connectivity index (χ2n) is 10.4. The van der Waals surface area contributed by atoms with Crippen molar-refractivity contribution in [2.45, 2.75) is 10.9 Å². The lowest BCUT2D eigenvalue weighted by molar-refractivity contribution is -0.384. The monoisotopic (exact) mass is 632 g/mol. The number of thioether (sulfide) groups is 1. The summed E-state index contributed by atoms with van der Waals surface area (Å²) in [6, 6.07) is 23.3. The summed E-state index contributed by atoms with van der Waals surface area (Å²) in [5.41, 5.74) is 4.08. The summed E-state index contributed by atoms with van der Waals surface area (Å²) in [6.07, 6.45) is 8.78. The lowest BCUT2D eigenvalue weighted by Crippen LogP contribution is -2.32. The highest BCUT2D eigenvalue weighted by Gasteiger charge is 2.39. The van der Waals surface area contributed by atoms with Crippen LogP contribution in [0, 0.1) is 10.1 Å². The lowest BCUT2D eigenvalue weighted by Gasteiger charge is -2.36. The molecule has 4 aromatic rings. The first kappa shape index (κ1) is 30.3. The minimum absolute atomic E-state index is 0.0134. The molecule has 0 fully saturated rings. The third kappa shape index (κ3) is 5.85. The van der Waals surface area contributed by atoms with Crippen molar-refractivity contribution in [2.24, 2.45) is 0 Å². The van der Waals surface area contributed by atoms with E-state index in [1.54, 1.807) is 54.2 Å². The maximum Gasteiger partial charge on any atom is 0.269 e. The second-order valence-corrected chi connectivity index (χ2v) is 11.5. The number of nitro groups is 1. The topological polar surface area (TPSA) is 122 Å². The van der Waals surface area contributed by atoms with Crippen LogP contribution in [0.4, 0.5) is 11.4 Å². The van der Waals surface area contributed by atoms with Crippen molar-refractivity contribution in [3.8, 4) is 23.0 Å². The Kier molecular flexibility index (Phi) is 8.37. The fraction of sp³-hybridized carbons (Fsp3) is 0.0833. The van der Waals surface area contributed by atoms with E-state index in [1.165, 1.54) is 44.6 Å². The molecule has 0 aliphatic carbocycles. The Labute approximate surface area is 269 Å². The van der Waals surface area contributed by atoms with Crippen LogP contribution in [0.1, 0.15) is 22.7 Å². The van der Waals surface area contributed by atoms with Crippen LogP contribution >= 0.6 is 11.8 Å². The molecule has 0 spiro atoms. The normalized spacial score (nSPS) is 15.6. The van der Waals surface area contributed by atoms with Gasteiger partial charge in [0.15, 0.2) is 28.8 Å². The highest BCUT2D eigenvalue weighted by Crippen LogP contribution is 2.54. The molecule has 0 amide bonds. The molecule has 4 aromatic carbocycles. The van der Waals surface area contributed by atoms with E-state index in [2.05, 4.69) is 4.90 Å². The summed E-state index contributed by atoms with van der Waals surface area (Å²) >= 11 is 1.58. The van der Waals surface area contributed by atoms with Gasteiger partial charge < -0.3 is 24.6 Å². The van der Waals surface area contributed by atoms with Gasteiger partial charge in [0, 0.05) is 22.6 Å². The first-order chi connectivity index (χ1) is 22.3. The number of carbonyl (C=O) groups is 1. The molecule has 2 N–H and O–H groups in total. The summed E-state index contributed by atoms with van der Waals surface area (Å²) in [5.74, 6) is 0.322. The Hall–Kier alpha value is -5.74. The number of fused-ring (bicyclic) bond motifs is 3. The number of non-ortho nitro benzene ring substituents is 1. The Morgan fingerprint density at radius 1 is 0.870 bits per heavy atom. The van der Waals surface area contributed by atoms with E-state index in [9.17, 15) is 25.1 Å². The zero-order valence-corrected chi connectivity index (χ0v) is 25.6. The predicted molar refractivity (Wildman–Crippen MR) is 178 cm³/mol. The molecule has 0 bridgehead atoms. The van der Waals surface area contributed by atoms with Gasteiger partial charge in [-0.2, -0.15) is 0 Å². The van der Waals surface area contributed by atoms with Gasteiger partial charge in [-0.25, -0.2) is 0 Å². The molecule has 2 aliphatic heterocycles. The quantitative estimate of drug-likeness (QED) is 0.108. The number of ether oxygens (including phenoxy) is 2. The van der Waals surface area contributed by atoms with Gasteiger partial charge in [-0.3, -0.25) is 14.9 Å². The summed E-state index contributed by atoms with van der Waals surface area (Å²) in [6.45, 7) is 0. The molecule has 9 nitrogen and oxygen atoms in total. The predicted octanol–water partition coefficient (Wildman–Crippen LogP) is 7.82. The number of anilines is 1. The minimum atomic E-state index is -0.613. The number of nitrogens with zero attached hydrogens (tertiary/aromatic N) is 2. The van der Waals surface area contributed by atoms with Crippen LogP contribution in [0.25, 0.3) is 12.2 Å². The van der Waals surface area contributed by atoms with Crippen LogP contribution in [-0.4, -0.2) is 35.1 Å². The van der Waals surface area contributed by atoms with Gasteiger partial charge in [-0.15, -0.1) is 0 Å². The molecule has 46 heavy (non-hydrogen) atoms. The largest absolute Gasteiger partial charge is 0.504 e. The van der Waals surface area contributed by atoms with E-state index < -0.39 is 11.0 Å². The number of methoxy groups -OCH3 is 2. The number of phenolic OH excluding ortho intramolecular Hbond substituents is 2. The molecular weight excluding hydrogens is 604 g/mol. The van der Waals surface area contributed by atoms with E-state index in [1.807, 2.05) is 42.5 Å². The maximum absolute atomic E-state index is 14.3. The number of benzene rings is 4. The van der Waals surface area contributed by atoms with Gasteiger partial charge >= 0.3 is 0 Å². The third-order valence-corrected chi connectivity index (χ3v) is 8.76. The van der Waals surface area contributed by atoms with Crippen LogP contribution in [0.15, 0.2) is 124 Å². The van der Waals surface area contributed by atoms with Gasteiger partial charge in [-0.1, -0.05) is 54.3 Å².